The number of pyridine rings is 1. The van der Waals surface area contributed by atoms with E-state index in [2.05, 4.69) is 20.6 Å². The summed E-state index contributed by atoms with van der Waals surface area (Å²) in [6, 6.07) is 6.80. The maximum Gasteiger partial charge on any atom is 0.293 e. The van der Waals surface area contributed by atoms with Crippen molar-refractivity contribution in [3.63, 3.8) is 0 Å². The molecule has 1 unspecified atom stereocenters. The van der Waals surface area contributed by atoms with Gasteiger partial charge in [0.1, 0.15) is 0 Å². The Morgan fingerprint density at radius 1 is 1.28 bits per heavy atom. The summed E-state index contributed by atoms with van der Waals surface area (Å²) in [7, 11) is 0. The summed E-state index contributed by atoms with van der Waals surface area (Å²) in [6.07, 6.45) is 4.94. The van der Waals surface area contributed by atoms with Crippen molar-refractivity contribution in [3.8, 4) is 0 Å². The Balaban J connectivity index is 1.54. The fourth-order valence-corrected chi connectivity index (χ4v) is 2.91. The van der Waals surface area contributed by atoms with Gasteiger partial charge < -0.3 is 9.73 Å². The number of nitrogens with zero attached hydrogens (tertiary/aromatic N) is 2. The number of rotatable bonds is 6. The Morgan fingerprint density at radius 2 is 2.08 bits per heavy atom. The van der Waals surface area contributed by atoms with Gasteiger partial charge in [-0.3, -0.25) is 19.9 Å². The quantitative estimate of drug-likeness (QED) is 0.708. The maximum atomic E-state index is 12.1. The molecule has 0 aliphatic carbocycles. The molecule has 8 heteroatoms. The van der Waals surface area contributed by atoms with Gasteiger partial charge in [0.25, 0.3) is 5.91 Å². The molecule has 3 rings (SSSR count). The highest BCUT2D eigenvalue weighted by Gasteiger charge is 2.14. The molecule has 0 aliphatic heterocycles. The largest absolute Gasteiger partial charge is 0.459 e. The minimum atomic E-state index is -0.373. The van der Waals surface area contributed by atoms with Crippen LogP contribution in [0, 0.1) is 0 Å². The summed E-state index contributed by atoms with van der Waals surface area (Å²) in [5.74, 6) is -0.305. The van der Waals surface area contributed by atoms with Crippen LogP contribution in [0.15, 0.2) is 52.7 Å². The number of aromatic nitrogens is 2. The average molecular weight is 356 g/mol. The predicted molar refractivity (Wildman–Crippen MR) is 93.3 cm³/mol. The van der Waals surface area contributed by atoms with Crippen LogP contribution < -0.4 is 10.6 Å². The number of amides is 2. The normalized spacial score (nSPS) is 11.7. The molecule has 2 N–H and O–H groups in total. The fourth-order valence-electron chi connectivity index (χ4n) is 2.20. The molecule has 2 amide bonds. The van der Waals surface area contributed by atoms with Gasteiger partial charge in [0, 0.05) is 17.8 Å². The Bertz CT molecular complexity index is 846. The van der Waals surface area contributed by atoms with E-state index >= 15 is 0 Å². The van der Waals surface area contributed by atoms with Crippen molar-refractivity contribution in [1.82, 2.24) is 15.3 Å². The van der Waals surface area contributed by atoms with Crippen LogP contribution in [0.3, 0.4) is 0 Å². The number of thiazole rings is 1. The van der Waals surface area contributed by atoms with Crippen molar-refractivity contribution < 1.29 is 14.0 Å². The van der Waals surface area contributed by atoms with E-state index in [-0.39, 0.29) is 30.0 Å². The van der Waals surface area contributed by atoms with E-state index < -0.39 is 0 Å². The van der Waals surface area contributed by atoms with Crippen LogP contribution in [0.2, 0.25) is 0 Å². The van der Waals surface area contributed by atoms with Gasteiger partial charge in [0.2, 0.25) is 5.91 Å². The summed E-state index contributed by atoms with van der Waals surface area (Å²) in [4.78, 5) is 32.2. The van der Waals surface area contributed by atoms with Gasteiger partial charge in [-0.25, -0.2) is 4.98 Å². The topological polar surface area (TPSA) is 97.1 Å². The molecule has 0 radical (unpaired) electrons. The third-order valence-electron chi connectivity index (χ3n) is 3.44. The van der Waals surface area contributed by atoms with Gasteiger partial charge in [-0.1, -0.05) is 0 Å². The monoisotopic (exact) mass is 356 g/mol. The zero-order chi connectivity index (χ0) is 17.6. The summed E-state index contributed by atoms with van der Waals surface area (Å²) >= 11 is 1.26. The van der Waals surface area contributed by atoms with Crippen molar-refractivity contribution >= 4 is 28.3 Å². The molecule has 0 aromatic carbocycles. The SMILES string of the molecule is CC(NC(=O)Cc1csc(NC(=O)c2ccco2)n1)c1ccncc1. The fraction of sp³-hybridized carbons (Fsp3) is 0.176. The first-order valence-corrected chi connectivity index (χ1v) is 8.48. The zero-order valence-corrected chi connectivity index (χ0v) is 14.2. The Hall–Kier alpha value is -3.00. The second kappa shape index (κ2) is 7.71. The molecular weight excluding hydrogens is 340 g/mol. The molecule has 7 nitrogen and oxygen atoms in total. The van der Waals surface area contributed by atoms with Crippen molar-refractivity contribution in [1.29, 1.82) is 0 Å². The van der Waals surface area contributed by atoms with Gasteiger partial charge in [0.15, 0.2) is 10.9 Å². The molecule has 25 heavy (non-hydrogen) atoms. The highest BCUT2D eigenvalue weighted by atomic mass is 32.1. The zero-order valence-electron chi connectivity index (χ0n) is 13.4. The Morgan fingerprint density at radius 3 is 2.80 bits per heavy atom. The van der Waals surface area contributed by atoms with Crippen LogP contribution >= 0.6 is 11.3 Å². The van der Waals surface area contributed by atoms with Crippen molar-refractivity contribution in [2.45, 2.75) is 19.4 Å². The number of hydrogen-bond acceptors (Lipinski definition) is 6. The van der Waals surface area contributed by atoms with E-state index in [0.29, 0.717) is 10.8 Å². The predicted octanol–water partition coefficient (Wildman–Crippen LogP) is 2.80. The van der Waals surface area contributed by atoms with Gasteiger partial charge in [0.05, 0.1) is 24.4 Å². The molecule has 3 heterocycles. The third-order valence-corrected chi connectivity index (χ3v) is 4.25. The van der Waals surface area contributed by atoms with E-state index in [1.807, 2.05) is 19.1 Å². The average Bonchev–Trinajstić information content (AvgIpc) is 3.27. The molecule has 0 fully saturated rings. The van der Waals surface area contributed by atoms with Crippen LogP contribution in [0.25, 0.3) is 0 Å². The van der Waals surface area contributed by atoms with E-state index in [4.69, 9.17) is 4.42 Å². The van der Waals surface area contributed by atoms with E-state index in [9.17, 15) is 9.59 Å². The molecule has 0 saturated carbocycles. The number of anilines is 1. The lowest BCUT2D eigenvalue weighted by Crippen LogP contribution is -2.28. The van der Waals surface area contributed by atoms with E-state index in [1.54, 1.807) is 29.9 Å². The second-order valence-corrected chi connectivity index (χ2v) is 6.18. The van der Waals surface area contributed by atoms with E-state index in [1.165, 1.54) is 17.6 Å². The minimum absolute atomic E-state index is 0.118. The smallest absolute Gasteiger partial charge is 0.293 e. The summed E-state index contributed by atoms with van der Waals surface area (Å²) in [6.45, 7) is 1.91. The lowest BCUT2D eigenvalue weighted by atomic mass is 10.1. The third kappa shape index (κ3) is 4.51. The van der Waals surface area contributed by atoms with Gasteiger partial charge >= 0.3 is 0 Å². The van der Waals surface area contributed by atoms with Crippen LogP contribution in [0.5, 0.6) is 0 Å². The number of carbonyl (C=O) groups excluding carboxylic acids is 2. The molecule has 3 aromatic rings. The van der Waals surface area contributed by atoms with Crippen LogP contribution in [-0.4, -0.2) is 21.8 Å². The van der Waals surface area contributed by atoms with Crippen LogP contribution in [0.1, 0.15) is 34.8 Å². The van der Waals surface area contributed by atoms with Crippen LogP contribution in [0.4, 0.5) is 5.13 Å². The summed E-state index contributed by atoms with van der Waals surface area (Å²) in [5.41, 5.74) is 1.58. The second-order valence-electron chi connectivity index (χ2n) is 5.32. The molecule has 128 valence electrons. The standard InChI is InChI=1S/C17H16N4O3S/c1-11(12-4-6-18-7-5-12)19-15(22)9-13-10-25-17(20-13)21-16(23)14-3-2-8-24-14/h2-8,10-11H,9H2,1H3,(H,19,22)(H,20,21,23). The first kappa shape index (κ1) is 16.8. The molecule has 0 bridgehead atoms. The Labute approximate surface area is 148 Å². The first-order chi connectivity index (χ1) is 12.1. The molecular formula is C17H16N4O3S. The minimum Gasteiger partial charge on any atom is -0.459 e. The number of furan rings is 1. The van der Waals surface area contributed by atoms with Gasteiger partial charge in [-0.15, -0.1) is 11.3 Å². The summed E-state index contributed by atoms with van der Waals surface area (Å²) in [5, 5.41) is 7.72. The number of carbonyl (C=O) groups is 2. The van der Waals surface area contributed by atoms with Crippen molar-refractivity contribution in [2.24, 2.45) is 0 Å². The first-order valence-electron chi connectivity index (χ1n) is 7.60. The van der Waals surface area contributed by atoms with Crippen LogP contribution in [-0.2, 0) is 11.2 Å². The molecule has 0 saturated heterocycles. The van der Waals surface area contributed by atoms with Gasteiger partial charge in [-0.2, -0.15) is 0 Å². The lowest BCUT2D eigenvalue weighted by Gasteiger charge is -2.13. The highest BCUT2D eigenvalue weighted by Crippen LogP contribution is 2.17. The maximum absolute atomic E-state index is 12.1. The lowest BCUT2D eigenvalue weighted by molar-refractivity contribution is -0.121. The summed E-state index contributed by atoms with van der Waals surface area (Å²) < 4.78 is 5.02. The van der Waals surface area contributed by atoms with Crippen molar-refractivity contribution in [3.05, 3.63) is 65.3 Å². The number of hydrogen-bond donors (Lipinski definition) is 2. The van der Waals surface area contributed by atoms with E-state index in [0.717, 1.165) is 5.56 Å². The number of nitrogens with one attached hydrogen (secondary N) is 2. The Kier molecular flexibility index (Phi) is 5.20. The van der Waals surface area contributed by atoms with Crippen molar-refractivity contribution in [2.75, 3.05) is 5.32 Å². The molecule has 0 aliphatic rings. The molecule has 1 atom stereocenters. The molecule has 0 spiro atoms. The molecule has 3 aromatic heterocycles. The van der Waals surface area contributed by atoms with Gasteiger partial charge in [-0.05, 0) is 36.8 Å². The highest BCUT2D eigenvalue weighted by molar-refractivity contribution is 7.14.